The minimum atomic E-state index is -0.0310. The standard InChI is InChI=1S/C12H16N2O/c1-9-5-6-11(12(13)8-9)4-3-7-14-10(2)15/h3-6,8H,7,13H2,1-2H3,(H,14,15). The lowest BCUT2D eigenvalue weighted by molar-refractivity contribution is -0.118. The fourth-order valence-electron chi connectivity index (χ4n) is 1.23. The van der Waals surface area contributed by atoms with Gasteiger partial charge in [0.25, 0.3) is 0 Å². The van der Waals surface area contributed by atoms with Crippen LogP contribution in [0.1, 0.15) is 18.1 Å². The summed E-state index contributed by atoms with van der Waals surface area (Å²) in [6.45, 7) is 4.03. The second-order valence-electron chi connectivity index (χ2n) is 3.47. The molecule has 1 aromatic rings. The topological polar surface area (TPSA) is 55.1 Å². The fourth-order valence-corrected chi connectivity index (χ4v) is 1.23. The number of amides is 1. The van der Waals surface area contributed by atoms with Crippen LogP contribution in [0.5, 0.6) is 0 Å². The van der Waals surface area contributed by atoms with E-state index in [0.717, 1.165) is 16.8 Å². The van der Waals surface area contributed by atoms with Gasteiger partial charge in [-0.2, -0.15) is 0 Å². The average Bonchev–Trinajstić information content (AvgIpc) is 2.14. The van der Waals surface area contributed by atoms with Gasteiger partial charge >= 0.3 is 0 Å². The summed E-state index contributed by atoms with van der Waals surface area (Å²) in [5.74, 6) is -0.0310. The van der Waals surface area contributed by atoms with Gasteiger partial charge in [0.15, 0.2) is 0 Å². The summed E-state index contributed by atoms with van der Waals surface area (Å²) in [5, 5.41) is 2.68. The molecule has 1 rings (SSSR count). The van der Waals surface area contributed by atoms with Gasteiger partial charge in [-0.3, -0.25) is 4.79 Å². The highest BCUT2D eigenvalue weighted by Gasteiger charge is 1.94. The fraction of sp³-hybridized carbons (Fsp3) is 0.250. The molecule has 80 valence electrons. The molecule has 0 saturated heterocycles. The van der Waals surface area contributed by atoms with Crippen molar-refractivity contribution in [3.8, 4) is 0 Å². The summed E-state index contributed by atoms with van der Waals surface area (Å²) in [7, 11) is 0. The molecule has 0 aliphatic carbocycles. The molecule has 0 aliphatic rings. The lowest BCUT2D eigenvalue weighted by atomic mass is 10.1. The second-order valence-corrected chi connectivity index (χ2v) is 3.47. The Balaban J connectivity index is 2.60. The van der Waals surface area contributed by atoms with Crippen molar-refractivity contribution in [3.63, 3.8) is 0 Å². The predicted molar refractivity (Wildman–Crippen MR) is 63.3 cm³/mol. The van der Waals surface area contributed by atoms with Crippen LogP contribution in [0.25, 0.3) is 6.08 Å². The van der Waals surface area contributed by atoms with Crippen molar-refractivity contribution in [2.24, 2.45) is 0 Å². The van der Waals surface area contributed by atoms with E-state index in [1.807, 2.05) is 37.3 Å². The summed E-state index contributed by atoms with van der Waals surface area (Å²) in [4.78, 5) is 10.6. The zero-order valence-electron chi connectivity index (χ0n) is 9.08. The maximum absolute atomic E-state index is 10.6. The van der Waals surface area contributed by atoms with Crippen LogP contribution >= 0.6 is 0 Å². The predicted octanol–water partition coefficient (Wildman–Crippen LogP) is 1.73. The summed E-state index contributed by atoms with van der Waals surface area (Å²) < 4.78 is 0. The molecule has 0 saturated carbocycles. The van der Waals surface area contributed by atoms with Crippen LogP contribution in [0.2, 0.25) is 0 Å². The molecular weight excluding hydrogens is 188 g/mol. The molecular formula is C12H16N2O. The highest BCUT2D eigenvalue weighted by molar-refractivity contribution is 5.73. The van der Waals surface area contributed by atoms with E-state index in [-0.39, 0.29) is 5.91 Å². The minimum absolute atomic E-state index is 0.0310. The third-order valence-corrected chi connectivity index (χ3v) is 2.01. The molecule has 0 aromatic heterocycles. The van der Waals surface area contributed by atoms with Crippen LogP contribution in [0.4, 0.5) is 5.69 Å². The molecule has 0 heterocycles. The van der Waals surface area contributed by atoms with Crippen LogP contribution < -0.4 is 11.1 Å². The summed E-state index contributed by atoms with van der Waals surface area (Å²) in [6.07, 6.45) is 3.78. The monoisotopic (exact) mass is 204 g/mol. The molecule has 0 spiro atoms. The maximum atomic E-state index is 10.6. The number of nitrogens with two attached hydrogens (primary N) is 1. The van der Waals surface area contributed by atoms with Crippen LogP contribution in [0.3, 0.4) is 0 Å². The van der Waals surface area contributed by atoms with Crippen molar-refractivity contribution in [3.05, 3.63) is 35.4 Å². The van der Waals surface area contributed by atoms with Gasteiger partial charge in [0.1, 0.15) is 0 Å². The Kier molecular flexibility index (Phi) is 3.92. The van der Waals surface area contributed by atoms with Gasteiger partial charge in [0, 0.05) is 19.2 Å². The molecule has 1 aromatic carbocycles. The van der Waals surface area contributed by atoms with E-state index in [1.165, 1.54) is 6.92 Å². The normalized spacial score (nSPS) is 10.5. The van der Waals surface area contributed by atoms with Crippen LogP contribution in [0, 0.1) is 6.92 Å². The first-order valence-corrected chi connectivity index (χ1v) is 4.86. The van der Waals surface area contributed by atoms with Crippen LogP contribution in [-0.2, 0) is 4.79 Å². The third-order valence-electron chi connectivity index (χ3n) is 2.01. The minimum Gasteiger partial charge on any atom is -0.398 e. The number of carbonyl (C=O) groups excluding carboxylic acids is 1. The van der Waals surface area contributed by atoms with E-state index >= 15 is 0 Å². The zero-order chi connectivity index (χ0) is 11.3. The molecule has 1 amide bonds. The van der Waals surface area contributed by atoms with E-state index in [1.54, 1.807) is 0 Å². The molecule has 0 radical (unpaired) electrons. The first-order valence-electron chi connectivity index (χ1n) is 4.86. The third kappa shape index (κ3) is 3.85. The SMILES string of the molecule is CC(=O)NCC=Cc1ccc(C)cc1N. The highest BCUT2D eigenvalue weighted by Crippen LogP contribution is 2.14. The number of hydrogen-bond donors (Lipinski definition) is 2. The number of benzene rings is 1. The molecule has 0 aliphatic heterocycles. The quantitative estimate of drug-likeness (QED) is 0.737. The molecule has 0 bridgehead atoms. The van der Waals surface area contributed by atoms with Gasteiger partial charge in [0.2, 0.25) is 5.91 Å². The number of rotatable bonds is 3. The Morgan fingerprint density at radius 1 is 1.53 bits per heavy atom. The van der Waals surface area contributed by atoms with Crippen molar-refractivity contribution < 1.29 is 4.79 Å². The molecule has 0 atom stereocenters. The van der Waals surface area contributed by atoms with Crippen molar-refractivity contribution >= 4 is 17.7 Å². The summed E-state index contributed by atoms with van der Waals surface area (Å²) in [5.41, 5.74) is 8.71. The number of nitrogens with one attached hydrogen (secondary N) is 1. The smallest absolute Gasteiger partial charge is 0.217 e. The maximum Gasteiger partial charge on any atom is 0.217 e. The number of carbonyl (C=O) groups is 1. The van der Waals surface area contributed by atoms with Gasteiger partial charge in [-0.1, -0.05) is 24.3 Å². The van der Waals surface area contributed by atoms with Crippen LogP contribution in [0.15, 0.2) is 24.3 Å². The Bertz CT molecular complexity index is 383. The zero-order valence-corrected chi connectivity index (χ0v) is 9.08. The van der Waals surface area contributed by atoms with Gasteiger partial charge in [-0.25, -0.2) is 0 Å². The van der Waals surface area contributed by atoms with E-state index in [2.05, 4.69) is 5.32 Å². The van der Waals surface area contributed by atoms with E-state index in [0.29, 0.717) is 6.54 Å². The summed E-state index contributed by atoms with van der Waals surface area (Å²) in [6, 6.07) is 5.90. The lowest BCUT2D eigenvalue weighted by Crippen LogP contribution is -2.19. The van der Waals surface area contributed by atoms with Crippen molar-refractivity contribution in [1.29, 1.82) is 0 Å². The van der Waals surface area contributed by atoms with Gasteiger partial charge < -0.3 is 11.1 Å². The Hall–Kier alpha value is -1.77. The number of nitrogen functional groups attached to an aromatic ring is 1. The molecule has 3 nitrogen and oxygen atoms in total. The molecule has 15 heavy (non-hydrogen) atoms. The first-order chi connectivity index (χ1) is 7.09. The van der Waals surface area contributed by atoms with E-state index in [9.17, 15) is 4.79 Å². The van der Waals surface area contributed by atoms with Crippen molar-refractivity contribution in [2.75, 3.05) is 12.3 Å². The largest absolute Gasteiger partial charge is 0.398 e. The molecule has 0 unspecified atom stereocenters. The highest BCUT2D eigenvalue weighted by atomic mass is 16.1. The first kappa shape index (κ1) is 11.3. The number of anilines is 1. The second kappa shape index (κ2) is 5.20. The molecule has 3 heteroatoms. The van der Waals surface area contributed by atoms with Gasteiger partial charge in [0.05, 0.1) is 0 Å². The molecule has 3 N–H and O–H groups in total. The van der Waals surface area contributed by atoms with Gasteiger partial charge in [-0.05, 0) is 24.1 Å². The number of aryl methyl sites for hydroxylation is 1. The lowest BCUT2D eigenvalue weighted by Gasteiger charge is -2.01. The Morgan fingerprint density at radius 3 is 2.87 bits per heavy atom. The van der Waals surface area contributed by atoms with Gasteiger partial charge in [-0.15, -0.1) is 0 Å². The van der Waals surface area contributed by atoms with Crippen molar-refractivity contribution in [1.82, 2.24) is 5.32 Å². The van der Waals surface area contributed by atoms with Crippen molar-refractivity contribution in [2.45, 2.75) is 13.8 Å². The van der Waals surface area contributed by atoms with E-state index < -0.39 is 0 Å². The Labute approximate surface area is 90.0 Å². The Morgan fingerprint density at radius 2 is 2.27 bits per heavy atom. The summed E-state index contributed by atoms with van der Waals surface area (Å²) >= 11 is 0. The molecule has 0 fully saturated rings. The average molecular weight is 204 g/mol. The van der Waals surface area contributed by atoms with Crippen LogP contribution in [-0.4, -0.2) is 12.5 Å². The van der Waals surface area contributed by atoms with E-state index in [4.69, 9.17) is 5.73 Å². The number of hydrogen-bond acceptors (Lipinski definition) is 2.